The Labute approximate surface area is 123 Å². The first-order chi connectivity index (χ1) is 9.25. The Kier molecular flexibility index (Phi) is 5.76. The van der Waals surface area contributed by atoms with Gasteiger partial charge in [0.15, 0.2) is 5.13 Å². The maximum absolute atomic E-state index is 12.2. The predicted octanol–water partition coefficient (Wildman–Crippen LogP) is 1.68. The predicted molar refractivity (Wildman–Crippen MR) is 83.1 cm³/mol. The van der Waals surface area contributed by atoms with Gasteiger partial charge in [-0.2, -0.15) is 0 Å². The molecule has 0 bridgehead atoms. The molecule has 0 spiro atoms. The zero-order valence-electron chi connectivity index (χ0n) is 12.5. The van der Waals surface area contributed by atoms with E-state index in [1.54, 1.807) is 0 Å². The minimum absolute atomic E-state index is 0.0205. The van der Waals surface area contributed by atoms with Crippen molar-refractivity contribution in [2.75, 3.05) is 24.2 Å². The third-order valence-corrected chi connectivity index (χ3v) is 3.74. The van der Waals surface area contributed by atoms with Crippen LogP contribution in [-0.2, 0) is 0 Å². The summed E-state index contributed by atoms with van der Waals surface area (Å²) in [5, 5.41) is 15.6. The number of thiazole rings is 1. The molecule has 1 amide bonds. The van der Waals surface area contributed by atoms with E-state index in [2.05, 4.69) is 29.5 Å². The van der Waals surface area contributed by atoms with Crippen molar-refractivity contribution in [1.82, 2.24) is 10.3 Å². The van der Waals surface area contributed by atoms with Crippen molar-refractivity contribution in [2.45, 2.75) is 39.7 Å². The second-order valence-electron chi connectivity index (χ2n) is 5.82. The van der Waals surface area contributed by atoms with Crippen molar-refractivity contribution < 1.29 is 9.90 Å². The summed E-state index contributed by atoms with van der Waals surface area (Å²) in [4.78, 5) is 16.7. The molecule has 20 heavy (non-hydrogen) atoms. The van der Waals surface area contributed by atoms with E-state index in [0.29, 0.717) is 22.3 Å². The number of carbonyl (C=O) groups is 1. The van der Waals surface area contributed by atoms with Crippen molar-refractivity contribution in [3.63, 3.8) is 0 Å². The molecule has 1 heterocycles. The zero-order valence-corrected chi connectivity index (χ0v) is 13.3. The molecule has 114 valence electrons. The SMILES string of the molecule is CC(C)CNc1nc(N)c(C(=O)NC(C)(C)CCO)s1. The molecule has 0 radical (unpaired) electrons. The largest absolute Gasteiger partial charge is 0.396 e. The number of rotatable bonds is 7. The molecule has 1 aromatic heterocycles. The summed E-state index contributed by atoms with van der Waals surface area (Å²) in [5.41, 5.74) is 5.31. The van der Waals surface area contributed by atoms with Crippen LogP contribution in [0.3, 0.4) is 0 Å². The molecule has 0 aromatic carbocycles. The van der Waals surface area contributed by atoms with E-state index in [0.717, 1.165) is 6.54 Å². The normalized spacial score (nSPS) is 11.7. The number of amides is 1. The van der Waals surface area contributed by atoms with Crippen LogP contribution in [0.1, 0.15) is 43.8 Å². The van der Waals surface area contributed by atoms with Gasteiger partial charge in [0, 0.05) is 18.7 Å². The Morgan fingerprint density at radius 3 is 2.70 bits per heavy atom. The molecule has 0 aliphatic heterocycles. The molecule has 0 saturated heterocycles. The zero-order chi connectivity index (χ0) is 15.3. The van der Waals surface area contributed by atoms with Crippen LogP contribution in [0.2, 0.25) is 0 Å². The maximum Gasteiger partial charge on any atom is 0.265 e. The van der Waals surface area contributed by atoms with Crippen LogP contribution in [0.15, 0.2) is 0 Å². The highest BCUT2D eigenvalue weighted by atomic mass is 32.1. The molecule has 1 aromatic rings. The van der Waals surface area contributed by atoms with E-state index < -0.39 is 5.54 Å². The topological polar surface area (TPSA) is 100 Å². The lowest BCUT2D eigenvalue weighted by Gasteiger charge is -2.24. The standard InChI is InChI=1S/C13H24N4O2S/c1-8(2)7-15-12-16-10(14)9(20-12)11(19)17-13(3,4)5-6-18/h8,18H,5-7,14H2,1-4H3,(H,15,16)(H,17,19). The summed E-state index contributed by atoms with van der Waals surface area (Å²) in [6, 6.07) is 0. The van der Waals surface area contributed by atoms with Gasteiger partial charge in [-0.15, -0.1) is 0 Å². The van der Waals surface area contributed by atoms with Gasteiger partial charge in [-0.3, -0.25) is 4.79 Å². The molecule has 0 saturated carbocycles. The second-order valence-corrected chi connectivity index (χ2v) is 6.82. The Morgan fingerprint density at radius 2 is 2.15 bits per heavy atom. The Bertz CT molecular complexity index is 457. The van der Waals surface area contributed by atoms with Crippen LogP contribution >= 0.6 is 11.3 Å². The summed E-state index contributed by atoms with van der Waals surface area (Å²) in [5.74, 6) is 0.468. The number of hydrogen-bond donors (Lipinski definition) is 4. The first kappa shape index (κ1) is 16.7. The van der Waals surface area contributed by atoms with Crippen LogP contribution in [0.5, 0.6) is 0 Å². The lowest BCUT2D eigenvalue weighted by Crippen LogP contribution is -2.43. The lowest BCUT2D eigenvalue weighted by atomic mass is 10.0. The number of carbonyl (C=O) groups excluding carboxylic acids is 1. The lowest BCUT2D eigenvalue weighted by molar-refractivity contribution is 0.0904. The van der Waals surface area contributed by atoms with Crippen molar-refractivity contribution in [1.29, 1.82) is 0 Å². The smallest absolute Gasteiger partial charge is 0.265 e. The van der Waals surface area contributed by atoms with Crippen molar-refractivity contribution in [3.05, 3.63) is 4.88 Å². The number of aromatic nitrogens is 1. The van der Waals surface area contributed by atoms with Gasteiger partial charge in [-0.1, -0.05) is 25.2 Å². The monoisotopic (exact) mass is 300 g/mol. The maximum atomic E-state index is 12.2. The quantitative estimate of drug-likeness (QED) is 0.614. The van der Waals surface area contributed by atoms with Crippen molar-refractivity contribution in [3.8, 4) is 0 Å². The van der Waals surface area contributed by atoms with E-state index in [9.17, 15) is 4.79 Å². The second kappa shape index (κ2) is 6.90. The van der Waals surface area contributed by atoms with Crippen LogP contribution in [0.25, 0.3) is 0 Å². The Morgan fingerprint density at radius 1 is 1.50 bits per heavy atom. The number of hydrogen-bond acceptors (Lipinski definition) is 6. The van der Waals surface area contributed by atoms with Gasteiger partial charge in [0.25, 0.3) is 5.91 Å². The number of nitrogens with zero attached hydrogens (tertiary/aromatic N) is 1. The highest BCUT2D eigenvalue weighted by Gasteiger charge is 2.24. The third kappa shape index (κ3) is 4.97. The Hall–Kier alpha value is -1.34. The van der Waals surface area contributed by atoms with E-state index in [1.807, 2.05) is 13.8 Å². The van der Waals surface area contributed by atoms with Gasteiger partial charge in [0.05, 0.1) is 0 Å². The number of nitrogens with one attached hydrogen (secondary N) is 2. The van der Waals surface area contributed by atoms with Gasteiger partial charge >= 0.3 is 0 Å². The average molecular weight is 300 g/mol. The number of aliphatic hydroxyl groups is 1. The molecule has 0 aliphatic carbocycles. The van der Waals surface area contributed by atoms with Crippen molar-refractivity contribution >= 4 is 28.2 Å². The molecule has 0 aliphatic rings. The van der Waals surface area contributed by atoms with Gasteiger partial charge < -0.3 is 21.5 Å². The molecule has 6 nitrogen and oxygen atoms in total. The molecule has 7 heteroatoms. The van der Waals surface area contributed by atoms with Crippen LogP contribution in [-0.4, -0.2) is 34.7 Å². The summed E-state index contributed by atoms with van der Waals surface area (Å²) in [6.07, 6.45) is 0.482. The number of nitrogen functional groups attached to an aromatic ring is 1. The molecule has 5 N–H and O–H groups in total. The minimum atomic E-state index is -0.478. The summed E-state index contributed by atoms with van der Waals surface area (Å²) in [6.45, 7) is 8.70. The number of anilines is 2. The minimum Gasteiger partial charge on any atom is -0.396 e. The summed E-state index contributed by atoms with van der Waals surface area (Å²) in [7, 11) is 0. The van der Waals surface area contributed by atoms with E-state index in [4.69, 9.17) is 10.8 Å². The van der Waals surface area contributed by atoms with Crippen LogP contribution < -0.4 is 16.4 Å². The highest BCUT2D eigenvalue weighted by Crippen LogP contribution is 2.25. The van der Waals surface area contributed by atoms with E-state index in [-0.39, 0.29) is 18.3 Å². The van der Waals surface area contributed by atoms with Crippen LogP contribution in [0, 0.1) is 5.92 Å². The first-order valence-corrected chi connectivity index (χ1v) is 7.50. The van der Waals surface area contributed by atoms with E-state index >= 15 is 0 Å². The molecule has 0 fully saturated rings. The third-order valence-electron chi connectivity index (χ3n) is 2.71. The van der Waals surface area contributed by atoms with Crippen LogP contribution in [0.4, 0.5) is 10.9 Å². The first-order valence-electron chi connectivity index (χ1n) is 6.68. The van der Waals surface area contributed by atoms with Gasteiger partial charge in [0.2, 0.25) is 0 Å². The number of aliphatic hydroxyl groups excluding tert-OH is 1. The molecule has 0 unspecified atom stereocenters. The van der Waals surface area contributed by atoms with Gasteiger partial charge in [0.1, 0.15) is 10.7 Å². The average Bonchev–Trinajstić information content (AvgIpc) is 2.67. The fourth-order valence-corrected chi connectivity index (χ4v) is 2.35. The molecular weight excluding hydrogens is 276 g/mol. The summed E-state index contributed by atoms with van der Waals surface area (Å²) < 4.78 is 0. The fourth-order valence-electron chi connectivity index (χ4n) is 1.57. The van der Waals surface area contributed by atoms with Gasteiger partial charge in [-0.05, 0) is 26.2 Å². The fraction of sp³-hybridized carbons (Fsp3) is 0.692. The van der Waals surface area contributed by atoms with Crippen molar-refractivity contribution in [2.24, 2.45) is 5.92 Å². The molecule has 0 atom stereocenters. The summed E-state index contributed by atoms with van der Waals surface area (Å²) >= 11 is 1.25. The van der Waals surface area contributed by atoms with Gasteiger partial charge in [-0.25, -0.2) is 4.98 Å². The highest BCUT2D eigenvalue weighted by molar-refractivity contribution is 7.18. The Balaban J connectivity index is 2.73. The molecule has 1 rings (SSSR count). The van der Waals surface area contributed by atoms with E-state index in [1.165, 1.54) is 11.3 Å². The number of nitrogens with two attached hydrogens (primary N) is 1. The molecular formula is C13H24N4O2S.